The van der Waals surface area contributed by atoms with Crippen LogP contribution in [-0.4, -0.2) is 37.4 Å². The Morgan fingerprint density at radius 2 is 1.87 bits per heavy atom. The number of benzene rings is 1. The molecular weight excluding hydrogens is 298 g/mol. The van der Waals surface area contributed by atoms with E-state index >= 15 is 0 Å². The second-order valence-corrected chi connectivity index (χ2v) is 5.34. The summed E-state index contributed by atoms with van der Waals surface area (Å²) in [6.07, 6.45) is 0.319. The maximum absolute atomic E-state index is 12.0. The SMILES string of the molecule is COc1ccc(C2CC(=O)Nc3n[nH]c(C)c32)c(OC)c1OC. The first-order chi connectivity index (χ1) is 11.1. The summed E-state index contributed by atoms with van der Waals surface area (Å²) in [6.45, 7) is 1.93. The Hall–Kier alpha value is -2.70. The maximum atomic E-state index is 12.0. The summed E-state index contributed by atoms with van der Waals surface area (Å²) in [5.41, 5.74) is 2.75. The Morgan fingerprint density at radius 1 is 1.13 bits per heavy atom. The number of methoxy groups -OCH3 is 3. The van der Waals surface area contributed by atoms with Gasteiger partial charge in [0.1, 0.15) is 0 Å². The van der Waals surface area contributed by atoms with Crippen molar-refractivity contribution in [1.29, 1.82) is 0 Å². The molecule has 7 nitrogen and oxygen atoms in total. The molecule has 2 aromatic rings. The molecule has 23 heavy (non-hydrogen) atoms. The smallest absolute Gasteiger partial charge is 0.226 e. The van der Waals surface area contributed by atoms with E-state index in [-0.39, 0.29) is 11.8 Å². The van der Waals surface area contributed by atoms with E-state index in [0.29, 0.717) is 29.5 Å². The fourth-order valence-electron chi connectivity index (χ4n) is 3.09. The van der Waals surface area contributed by atoms with Crippen molar-refractivity contribution in [3.8, 4) is 17.2 Å². The van der Waals surface area contributed by atoms with E-state index in [1.165, 1.54) is 0 Å². The third kappa shape index (κ3) is 2.38. The molecule has 1 aromatic heterocycles. The van der Waals surface area contributed by atoms with E-state index in [4.69, 9.17) is 14.2 Å². The van der Waals surface area contributed by atoms with E-state index in [2.05, 4.69) is 15.5 Å². The van der Waals surface area contributed by atoms with Crippen LogP contribution in [0.3, 0.4) is 0 Å². The van der Waals surface area contributed by atoms with Gasteiger partial charge in [-0.2, -0.15) is 5.10 Å². The van der Waals surface area contributed by atoms with Gasteiger partial charge in [-0.05, 0) is 13.0 Å². The van der Waals surface area contributed by atoms with Crippen LogP contribution in [0, 0.1) is 6.92 Å². The van der Waals surface area contributed by atoms with Crippen LogP contribution in [0.1, 0.15) is 29.2 Å². The van der Waals surface area contributed by atoms with Gasteiger partial charge in [0.25, 0.3) is 0 Å². The van der Waals surface area contributed by atoms with Crippen LogP contribution in [-0.2, 0) is 4.79 Å². The zero-order valence-electron chi connectivity index (χ0n) is 13.5. The Morgan fingerprint density at radius 3 is 2.52 bits per heavy atom. The largest absolute Gasteiger partial charge is 0.493 e. The number of aryl methyl sites for hydroxylation is 1. The predicted octanol–water partition coefficient (Wildman–Crippen LogP) is 2.22. The average Bonchev–Trinajstić information content (AvgIpc) is 2.93. The molecule has 122 valence electrons. The van der Waals surface area contributed by atoms with Crippen molar-refractivity contribution in [1.82, 2.24) is 10.2 Å². The topological polar surface area (TPSA) is 85.5 Å². The van der Waals surface area contributed by atoms with Gasteiger partial charge in [0, 0.05) is 29.2 Å². The predicted molar refractivity (Wildman–Crippen MR) is 84.5 cm³/mol. The van der Waals surface area contributed by atoms with Crippen molar-refractivity contribution in [3.63, 3.8) is 0 Å². The fraction of sp³-hybridized carbons (Fsp3) is 0.375. The van der Waals surface area contributed by atoms with Crippen LogP contribution < -0.4 is 19.5 Å². The number of anilines is 1. The molecule has 0 aliphatic carbocycles. The summed E-state index contributed by atoms with van der Waals surface area (Å²) in [6, 6.07) is 3.72. The quantitative estimate of drug-likeness (QED) is 0.903. The number of hydrogen-bond donors (Lipinski definition) is 2. The first kappa shape index (κ1) is 15.2. The van der Waals surface area contributed by atoms with Gasteiger partial charge in [-0.1, -0.05) is 6.07 Å². The van der Waals surface area contributed by atoms with Crippen LogP contribution in [0.15, 0.2) is 12.1 Å². The number of carbonyl (C=O) groups excluding carboxylic acids is 1. The molecule has 1 aromatic carbocycles. The lowest BCUT2D eigenvalue weighted by Crippen LogP contribution is -2.23. The van der Waals surface area contributed by atoms with E-state index in [1.807, 2.05) is 19.1 Å². The molecule has 0 bridgehead atoms. The number of H-pyrrole nitrogens is 1. The Balaban J connectivity index is 2.19. The van der Waals surface area contributed by atoms with Gasteiger partial charge < -0.3 is 19.5 Å². The van der Waals surface area contributed by atoms with Crippen LogP contribution >= 0.6 is 0 Å². The molecule has 0 saturated carbocycles. The number of aromatic amines is 1. The number of nitrogens with one attached hydrogen (secondary N) is 2. The monoisotopic (exact) mass is 317 g/mol. The summed E-state index contributed by atoms with van der Waals surface area (Å²) < 4.78 is 16.3. The summed E-state index contributed by atoms with van der Waals surface area (Å²) in [5, 5.41) is 9.88. The average molecular weight is 317 g/mol. The second kappa shape index (κ2) is 5.83. The Bertz CT molecular complexity index is 754. The molecule has 1 unspecified atom stereocenters. The molecule has 2 heterocycles. The highest BCUT2D eigenvalue weighted by atomic mass is 16.5. The molecule has 1 aliphatic rings. The molecule has 0 fully saturated rings. The third-order valence-electron chi connectivity index (χ3n) is 4.10. The Kier molecular flexibility index (Phi) is 3.85. The van der Waals surface area contributed by atoms with Crippen molar-refractivity contribution < 1.29 is 19.0 Å². The van der Waals surface area contributed by atoms with Crippen molar-refractivity contribution in [3.05, 3.63) is 29.0 Å². The van der Waals surface area contributed by atoms with Crippen molar-refractivity contribution in [2.24, 2.45) is 0 Å². The van der Waals surface area contributed by atoms with Crippen molar-refractivity contribution in [2.45, 2.75) is 19.3 Å². The number of fused-ring (bicyclic) bond motifs is 1. The summed E-state index contributed by atoms with van der Waals surface area (Å²) in [5.74, 6) is 2.00. The first-order valence-electron chi connectivity index (χ1n) is 7.24. The highest BCUT2D eigenvalue weighted by molar-refractivity contribution is 5.94. The maximum Gasteiger partial charge on any atom is 0.226 e. The molecular formula is C16H19N3O4. The number of hydrogen-bond acceptors (Lipinski definition) is 5. The highest BCUT2D eigenvalue weighted by Crippen LogP contribution is 2.47. The Labute approximate surface area is 133 Å². The minimum Gasteiger partial charge on any atom is -0.493 e. The number of amides is 1. The second-order valence-electron chi connectivity index (χ2n) is 5.34. The molecule has 1 amide bonds. The zero-order chi connectivity index (χ0) is 16.6. The van der Waals surface area contributed by atoms with Crippen molar-refractivity contribution >= 4 is 11.7 Å². The van der Waals surface area contributed by atoms with Crippen LogP contribution in [0.2, 0.25) is 0 Å². The molecule has 0 radical (unpaired) electrons. The zero-order valence-corrected chi connectivity index (χ0v) is 13.5. The lowest BCUT2D eigenvalue weighted by Gasteiger charge is -2.25. The molecule has 1 aliphatic heterocycles. The number of rotatable bonds is 4. The molecule has 3 rings (SSSR count). The number of aromatic nitrogens is 2. The number of nitrogens with zero attached hydrogens (tertiary/aromatic N) is 1. The molecule has 0 spiro atoms. The normalized spacial score (nSPS) is 16.5. The van der Waals surface area contributed by atoms with Gasteiger partial charge in [-0.25, -0.2) is 0 Å². The molecule has 2 N–H and O–H groups in total. The van der Waals surface area contributed by atoms with Gasteiger partial charge in [0.05, 0.1) is 21.3 Å². The van der Waals surface area contributed by atoms with Crippen molar-refractivity contribution in [2.75, 3.05) is 26.6 Å². The van der Waals surface area contributed by atoms with E-state index in [0.717, 1.165) is 16.8 Å². The summed E-state index contributed by atoms with van der Waals surface area (Å²) >= 11 is 0. The number of carbonyl (C=O) groups is 1. The number of ether oxygens (including phenoxy) is 3. The highest BCUT2D eigenvalue weighted by Gasteiger charge is 2.33. The summed E-state index contributed by atoms with van der Waals surface area (Å²) in [4.78, 5) is 12.0. The standard InChI is InChI=1S/C16H19N3O4/c1-8-13-10(7-12(20)17-16(13)19-18-8)9-5-6-11(21-2)15(23-4)14(9)22-3/h5-6,10H,7H2,1-4H3,(H2,17,18,19,20). The van der Waals surface area contributed by atoms with Gasteiger partial charge in [-0.15, -0.1) is 0 Å². The van der Waals surface area contributed by atoms with Crippen LogP contribution in [0.5, 0.6) is 17.2 Å². The van der Waals surface area contributed by atoms with Crippen LogP contribution in [0.4, 0.5) is 5.82 Å². The van der Waals surface area contributed by atoms with Crippen LogP contribution in [0.25, 0.3) is 0 Å². The van der Waals surface area contributed by atoms with Gasteiger partial charge >= 0.3 is 0 Å². The summed E-state index contributed by atoms with van der Waals surface area (Å²) in [7, 11) is 4.71. The van der Waals surface area contributed by atoms with Gasteiger partial charge in [0.15, 0.2) is 17.3 Å². The molecule has 1 atom stereocenters. The fourth-order valence-corrected chi connectivity index (χ4v) is 3.09. The van der Waals surface area contributed by atoms with E-state index in [9.17, 15) is 4.79 Å². The van der Waals surface area contributed by atoms with Gasteiger partial charge in [0.2, 0.25) is 11.7 Å². The van der Waals surface area contributed by atoms with E-state index in [1.54, 1.807) is 21.3 Å². The molecule has 7 heteroatoms. The molecule has 0 saturated heterocycles. The first-order valence-corrected chi connectivity index (χ1v) is 7.24. The minimum atomic E-state index is -0.160. The third-order valence-corrected chi connectivity index (χ3v) is 4.10. The van der Waals surface area contributed by atoms with Gasteiger partial charge in [-0.3, -0.25) is 9.89 Å². The lowest BCUT2D eigenvalue weighted by molar-refractivity contribution is -0.116. The minimum absolute atomic E-state index is 0.0779. The lowest BCUT2D eigenvalue weighted by atomic mass is 9.85. The van der Waals surface area contributed by atoms with E-state index < -0.39 is 0 Å².